The molecule has 0 fully saturated rings. The molecule has 0 spiro atoms. The summed E-state index contributed by atoms with van der Waals surface area (Å²) in [6.07, 6.45) is 0. The number of nitrogens with zero attached hydrogens (tertiary/aromatic N) is 9. The average molecular weight is 351 g/mol. The second-order valence-corrected chi connectivity index (χ2v) is 5.99. The lowest BCUT2D eigenvalue weighted by Crippen LogP contribution is -2.09. The predicted octanol–water partition coefficient (Wildman–Crippen LogP) is 2.04. The summed E-state index contributed by atoms with van der Waals surface area (Å²) < 4.78 is 3.41. The van der Waals surface area contributed by atoms with E-state index in [1.54, 1.807) is 9.35 Å². The van der Waals surface area contributed by atoms with Crippen LogP contribution in [0.15, 0.2) is 28.4 Å². The first kappa shape index (κ1) is 17.6. The van der Waals surface area contributed by atoms with E-state index in [0.717, 1.165) is 46.1 Å². The van der Waals surface area contributed by atoms with Gasteiger partial charge in [0.05, 0.1) is 22.8 Å². The molecule has 0 saturated heterocycles. The van der Waals surface area contributed by atoms with Crippen molar-refractivity contribution in [3.05, 3.63) is 52.9 Å². The van der Waals surface area contributed by atoms with E-state index in [-0.39, 0.29) is 0 Å². The summed E-state index contributed by atoms with van der Waals surface area (Å²) in [7, 11) is 0. The van der Waals surface area contributed by atoms with Crippen LogP contribution in [0.25, 0.3) is 0 Å². The predicted molar refractivity (Wildman–Crippen MR) is 98.4 cm³/mol. The number of aryl methyl sites for hydroxylation is 4. The Balaban J connectivity index is 1.96. The number of rotatable bonds is 4. The largest absolute Gasteiger partial charge is 0.245 e. The van der Waals surface area contributed by atoms with E-state index >= 15 is 0 Å². The van der Waals surface area contributed by atoms with E-state index in [0.29, 0.717) is 0 Å². The van der Waals surface area contributed by atoms with Crippen LogP contribution in [0.2, 0.25) is 0 Å². The normalized spacial score (nSPS) is 12.7. The Labute approximate surface area is 151 Å². The van der Waals surface area contributed by atoms with Crippen molar-refractivity contribution in [2.24, 2.45) is 10.2 Å². The third-order valence-corrected chi connectivity index (χ3v) is 3.90. The van der Waals surface area contributed by atoms with Gasteiger partial charge in [-0.3, -0.25) is 0 Å². The molecule has 0 aliphatic carbocycles. The van der Waals surface area contributed by atoms with E-state index in [2.05, 4.69) is 35.6 Å². The molecule has 0 bridgehead atoms. The third kappa shape index (κ3) is 3.41. The summed E-state index contributed by atoms with van der Waals surface area (Å²) in [5.41, 5.74) is 3.06. The van der Waals surface area contributed by atoms with Crippen molar-refractivity contribution >= 4 is 11.4 Å². The fraction of sp³-hybridized carbons (Fsp3) is 0.353. The van der Waals surface area contributed by atoms with Crippen LogP contribution < -0.4 is 0 Å². The van der Waals surface area contributed by atoms with Gasteiger partial charge >= 0.3 is 0 Å². The number of hydrogen-bond acceptors (Lipinski definition) is 7. The Morgan fingerprint density at radius 1 is 0.692 bits per heavy atom. The van der Waals surface area contributed by atoms with E-state index < -0.39 is 0 Å². The van der Waals surface area contributed by atoms with Crippen LogP contribution in [-0.2, 0) is 0 Å². The molecule has 9 heteroatoms. The van der Waals surface area contributed by atoms with Crippen molar-refractivity contribution < 1.29 is 0 Å². The van der Waals surface area contributed by atoms with Crippen LogP contribution in [0.1, 0.15) is 48.5 Å². The molecule has 134 valence electrons. The van der Waals surface area contributed by atoms with Crippen molar-refractivity contribution in [3.63, 3.8) is 0 Å². The van der Waals surface area contributed by atoms with Gasteiger partial charge in [0.2, 0.25) is 0 Å². The molecule has 0 amide bonds. The van der Waals surface area contributed by atoms with Crippen molar-refractivity contribution in [2.45, 2.75) is 41.5 Å². The molecule has 0 aromatic carbocycles. The summed E-state index contributed by atoms with van der Waals surface area (Å²) in [5, 5.41) is 25.2. The zero-order valence-electron chi connectivity index (χ0n) is 15.8. The van der Waals surface area contributed by atoms with E-state index in [1.165, 1.54) is 0 Å². The highest BCUT2D eigenvalue weighted by atomic mass is 15.5. The standard InChI is InChI=1S/C17H21N9/c1-10(23-25-12(3)19-20-13(25)4)16-8-7-9-17(18-16)11(2)24-26-14(5)21-22-15(26)6/h7-9H,1-6H3. The smallest absolute Gasteiger partial charge is 0.151 e. The first-order chi connectivity index (χ1) is 12.4. The van der Waals surface area contributed by atoms with Crippen LogP contribution >= 0.6 is 0 Å². The zero-order chi connectivity index (χ0) is 18.8. The maximum absolute atomic E-state index is 4.68. The molecule has 0 unspecified atom stereocenters. The summed E-state index contributed by atoms with van der Waals surface area (Å²) in [5.74, 6) is 2.92. The molecular weight excluding hydrogens is 330 g/mol. The van der Waals surface area contributed by atoms with Gasteiger partial charge < -0.3 is 0 Å². The first-order valence-electron chi connectivity index (χ1n) is 8.23. The summed E-state index contributed by atoms with van der Waals surface area (Å²) in [6.45, 7) is 11.3. The van der Waals surface area contributed by atoms with Gasteiger partial charge in [0.1, 0.15) is 0 Å². The van der Waals surface area contributed by atoms with Crippen LogP contribution in [0.5, 0.6) is 0 Å². The van der Waals surface area contributed by atoms with Crippen molar-refractivity contribution in [1.29, 1.82) is 0 Å². The highest BCUT2D eigenvalue weighted by Crippen LogP contribution is 2.07. The van der Waals surface area contributed by atoms with Gasteiger partial charge in [-0.15, -0.1) is 20.4 Å². The van der Waals surface area contributed by atoms with Gasteiger partial charge in [0.25, 0.3) is 0 Å². The van der Waals surface area contributed by atoms with Gasteiger partial charge in [-0.25, -0.2) is 14.3 Å². The SMILES string of the molecule is CC(=Nn1c(C)nnc1C)c1cccc(C(C)=Nn2c(C)nnc2C)n1. The van der Waals surface area contributed by atoms with E-state index in [1.807, 2.05) is 59.7 Å². The summed E-state index contributed by atoms with van der Waals surface area (Å²) in [4.78, 5) is 4.68. The molecule has 3 aromatic rings. The topological polar surface area (TPSA) is 99.0 Å². The fourth-order valence-corrected chi connectivity index (χ4v) is 2.46. The minimum atomic E-state index is 0.731. The Morgan fingerprint density at radius 3 is 1.38 bits per heavy atom. The highest BCUT2D eigenvalue weighted by Gasteiger charge is 2.09. The first-order valence-corrected chi connectivity index (χ1v) is 8.23. The molecule has 0 saturated carbocycles. The Hall–Kier alpha value is -3.23. The molecule has 3 aromatic heterocycles. The maximum Gasteiger partial charge on any atom is 0.151 e. The van der Waals surface area contributed by atoms with Crippen molar-refractivity contribution in [2.75, 3.05) is 0 Å². The molecule has 0 radical (unpaired) electrons. The van der Waals surface area contributed by atoms with Crippen LogP contribution in [0, 0.1) is 27.7 Å². The summed E-state index contributed by atoms with van der Waals surface area (Å²) >= 11 is 0. The Bertz CT molecular complexity index is 891. The van der Waals surface area contributed by atoms with Crippen LogP contribution in [-0.4, -0.2) is 46.2 Å². The van der Waals surface area contributed by atoms with E-state index in [4.69, 9.17) is 0 Å². The van der Waals surface area contributed by atoms with Gasteiger partial charge in [-0.05, 0) is 53.7 Å². The molecule has 0 N–H and O–H groups in total. The van der Waals surface area contributed by atoms with Crippen LogP contribution in [0.3, 0.4) is 0 Å². The minimum absolute atomic E-state index is 0.731. The lowest BCUT2D eigenvalue weighted by atomic mass is 10.2. The number of hydrogen-bond donors (Lipinski definition) is 0. The molecular formula is C17H21N9. The molecule has 0 aliphatic rings. The molecule has 26 heavy (non-hydrogen) atoms. The minimum Gasteiger partial charge on any atom is -0.245 e. The van der Waals surface area contributed by atoms with Crippen molar-refractivity contribution in [1.82, 2.24) is 34.7 Å². The molecule has 3 rings (SSSR count). The lowest BCUT2D eigenvalue weighted by molar-refractivity contribution is 0.791. The van der Waals surface area contributed by atoms with Gasteiger partial charge in [0.15, 0.2) is 23.3 Å². The maximum atomic E-state index is 4.68. The fourth-order valence-electron chi connectivity index (χ4n) is 2.46. The quantitative estimate of drug-likeness (QED) is 0.670. The van der Waals surface area contributed by atoms with Gasteiger partial charge in [-0.1, -0.05) is 6.07 Å². The van der Waals surface area contributed by atoms with Gasteiger partial charge in [0, 0.05) is 0 Å². The molecule has 9 nitrogen and oxygen atoms in total. The molecule has 0 atom stereocenters. The highest BCUT2D eigenvalue weighted by molar-refractivity contribution is 6.00. The molecule has 3 heterocycles. The summed E-state index contributed by atoms with van der Waals surface area (Å²) in [6, 6.07) is 5.77. The number of aromatic nitrogens is 7. The van der Waals surface area contributed by atoms with Crippen LogP contribution in [0.4, 0.5) is 0 Å². The Morgan fingerprint density at radius 2 is 1.04 bits per heavy atom. The molecule has 0 aliphatic heterocycles. The second kappa shape index (κ2) is 6.95. The van der Waals surface area contributed by atoms with Gasteiger partial charge in [-0.2, -0.15) is 10.2 Å². The van der Waals surface area contributed by atoms with E-state index in [9.17, 15) is 0 Å². The zero-order valence-corrected chi connectivity index (χ0v) is 15.8. The monoisotopic (exact) mass is 351 g/mol. The number of pyridine rings is 1. The van der Waals surface area contributed by atoms with Crippen molar-refractivity contribution in [3.8, 4) is 0 Å². The second-order valence-electron chi connectivity index (χ2n) is 5.99. The Kier molecular flexibility index (Phi) is 4.70. The average Bonchev–Trinajstić information content (AvgIpc) is 3.11. The lowest BCUT2D eigenvalue weighted by Gasteiger charge is -2.06. The third-order valence-electron chi connectivity index (χ3n) is 3.90.